The molecule has 0 radical (unpaired) electrons. The second-order valence-electron chi connectivity index (χ2n) is 2.99. The minimum atomic E-state index is -5.63. The molecule has 0 amide bonds. The van der Waals surface area contributed by atoms with Gasteiger partial charge in [-0.2, -0.15) is 0 Å². The maximum Gasteiger partial charge on any atom is 0.121 e. The van der Waals surface area contributed by atoms with Crippen LogP contribution in [0.15, 0.2) is 23.1 Å². The SMILES string of the molecule is COc1ccc(S(N)(=O)([O-])[O-])cc1C. The molecular weight excluding hydrogens is 206 g/mol. The van der Waals surface area contributed by atoms with E-state index < -0.39 is 14.7 Å². The van der Waals surface area contributed by atoms with Crippen LogP contribution in [0.25, 0.3) is 0 Å². The number of aryl methyl sites for hydroxylation is 1. The second-order valence-corrected chi connectivity index (χ2v) is 5.18. The third kappa shape index (κ3) is 2.30. The van der Waals surface area contributed by atoms with Crippen molar-refractivity contribution in [2.45, 2.75) is 11.8 Å². The second kappa shape index (κ2) is 3.03. The molecule has 1 aromatic carbocycles. The lowest BCUT2D eigenvalue weighted by Crippen LogP contribution is -2.42. The van der Waals surface area contributed by atoms with Crippen LogP contribution in [0.4, 0.5) is 0 Å². The fraction of sp³-hybridized carbons (Fsp3) is 0.250. The third-order valence-electron chi connectivity index (χ3n) is 1.79. The Morgan fingerprint density at radius 2 is 2.00 bits per heavy atom. The standard InChI is InChI=1S/C8H13NO4S/c1-6-5-7(14(9,10,11)12)3-4-8(6)13-2/h3-5H,1-2H3,(H4,9,10,11,12)/p-2. The van der Waals surface area contributed by atoms with E-state index in [4.69, 9.17) is 4.74 Å². The monoisotopic (exact) mass is 217 g/mol. The molecule has 0 saturated carbocycles. The van der Waals surface area contributed by atoms with Crippen LogP contribution in [0.3, 0.4) is 0 Å². The van der Waals surface area contributed by atoms with Gasteiger partial charge in [0, 0.05) is 4.90 Å². The molecule has 0 atom stereocenters. The van der Waals surface area contributed by atoms with Crippen LogP contribution in [0.2, 0.25) is 0 Å². The molecule has 0 aromatic heterocycles. The molecule has 0 aliphatic heterocycles. The summed E-state index contributed by atoms with van der Waals surface area (Å²) in [7, 11) is -4.17. The Bertz CT molecular complexity index is 412. The fourth-order valence-corrected chi connectivity index (χ4v) is 1.78. The van der Waals surface area contributed by atoms with Gasteiger partial charge in [-0.3, -0.25) is 9.35 Å². The lowest BCUT2D eigenvalue weighted by atomic mass is 10.2. The Labute approximate surface area is 82.1 Å². The molecule has 0 spiro atoms. The summed E-state index contributed by atoms with van der Waals surface area (Å²) in [5, 5.41) is 4.66. The molecule has 0 aliphatic rings. The number of hydrogen-bond acceptors (Lipinski definition) is 4. The highest BCUT2D eigenvalue weighted by molar-refractivity contribution is 8.08. The summed E-state index contributed by atoms with van der Waals surface area (Å²) in [6.45, 7) is 1.63. The van der Waals surface area contributed by atoms with Crippen molar-refractivity contribution in [1.82, 2.24) is 0 Å². The van der Waals surface area contributed by atoms with E-state index in [-0.39, 0.29) is 0 Å². The Kier molecular flexibility index (Phi) is 2.41. The first kappa shape index (κ1) is 11.1. The van der Waals surface area contributed by atoms with Gasteiger partial charge < -0.3 is 13.8 Å². The Hall–Kier alpha value is -0.950. The molecule has 0 bridgehead atoms. The van der Waals surface area contributed by atoms with Crippen molar-refractivity contribution in [2.75, 3.05) is 7.11 Å². The maximum absolute atomic E-state index is 11.0. The molecule has 5 nitrogen and oxygen atoms in total. The summed E-state index contributed by atoms with van der Waals surface area (Å²) in [6.07, 6.45) is 0. The molecule has 80 valence electrons. The van der Waals surface area contributed by atoms with E-state index in [0.29, 0.717) is 11.3 Å². The minimum absolute atomic E-state index is 0.444. The maximum atomic E-state index is 11.0. The number of benzene rings is 1. The Morgan fingerprint density at radius 1 is 1.43 bits per heavy atom. The van der Waals surface area contributed by atoms with Crippen molar-refractivity contribution in [2.24, 2.45) is 5.14 Å². The van der Waals surface area contributed by atoms with Crippen molar-refractivity contribution < 1.29 is 18.1 Å². The van der Waals surface area contributed by atoms with Gasteiger partial charge in [0.05, 0.1) is 7.11 Å². The first-order valence-electron chi connectivity index (χ1n) is 3.79. The molecule has 0 saturated heterocycles. The van der Waals surface area contributed by atoms with Gasteiger partial charge in [-0.25, -0.2) is 0 Å². The zero-order chi connectivity index (χ0) is 11.0. The summed E-state index contributed by atoms with van der Waals surface area (Å²) < 4.78 is 37.8. The highest BCUT2D eigenvalue weighted by atomic mass is 32.3. The van der Waals surface area contributed by atoms with E-state index in [0.717, 1.165) is 6.07 Å². The lowest BCUT2D eigenvalue weighted by Gasteiger charge is -2.51. The van der Waals surface area contributed by atoms with Crippen molar-refractivity contribution in [3.05, 3.63) is 23.8 Å². The quantitative estimate of drug-likeness (QED) is 0.770. The van der Waals surface area contributed by atoms with Crippen LogP contribution in [-0.4, -0.2) is 20.4 Å². The van der Waals surface area contributed by atoms with Gasteiger partial charge in [0.15, 0.2) is 0 Å². The number of ether oxygens (including phenoxy) is 1. The topological polar surface area (TPSA) is 98.4 Å². The van der Waals surface area contributed by atoms with E-state index in [1.807, 2.05) is 0 Å². The van der Waals surface area contributed by atoms with Crippen molar-refractivity contribution in [1.29, 1.82) is 0 Å². The molecular formula is C8H11NO4S-2. The predicted octanol–water partition coefficient (Wildman–Crippen LogP) is 0.317. The normalized spacial score (nSPS) is 14.5. The van der Waals surface area contributed by atoms with Crippen LogP contribution < -0.4 is 9.88 Å². The molecule has 1 aromatic rings. The van der Waals surface area contributed by atoms with E-state index >= 15 is 0 Å². The summed E-state index contributed by atoms with van der Waals surface area (Å²) in [6, 6.07) is 3.70. The van der Waals surface area contributed by atoms with Gasteiger partial charge in [0.25, 0.3) is 0 Å². The van der Waals surface area contributed by atoms with E-state index in [9.17, 15) is 13.3 Å². The van der Waals surface area contributed by atoms with Crippen LogP contribution in [0, 0.1) is 6.92 Å². The van der Waals surface area contributed by atoms with Crippen molar-refractivity contribution >= 4 is 9.81 Å². The van der Waals surface area contributed by atoms with Gasteiger partial charge in [-0.1, -0.05) is 0 Å². The Balaban J connectivity index is 3.30. The number of primary sulfonamides is 3. The number of nitrogens with two attached hydrogens (primary N) is 1. The minimum Gasteiger partial charge on any atom is -0.785 e. The van der Waals surface area contributed by atoms with Gasteiger partial charge in [0.1, 0.15) is 5.75 Å². The largest absolute Gasteiger partial charge is 0.785 e. The van der Waals surface area contributed by atoms with E-state index in [1.165, 1.54) is 19.2 Å². The zero-order valence-corrected chi connectivity index (χ0v) is 8.67. The van der Waals surface area contributed by atoms with Crippen LogP contribution in [0.5, 0.6) is 5.75 Å². The number of sulfonamides is 3. The Morgan fingerprint density at radius 3 is 2.36 bits per heavy atom. The average molecular weight is 217 g/mol. The van der Waals surface area contributed by atoms with Gasteiger partial charge in [0.2, 0.25) is 0 Å². The molecule has 0 unspecified atom stereocenters. The molecule has 14 heavy (non-hydrogen) atoms. The molecule has 0 fully saturated rings. The van der Waals surface area contributed by atoms with Crippen LogP contribution >= 0.6 is 0 Å². The fourth-order valence-electron chi connectivity index (χ4n) is 1.08. The first-order valence-corrected chi connectivity index (χ1v) is 5.67. The van der Waals surface area contributed by atoms with Crippen LogP contribution in [-0.2, 0) is 9.81 Å². The molecule has 0 aliphatic carbocycles. The zero-order valence-electron chi connectivity index (χ0n) is 7.85. The first-order chi connectivity index (χ1) is 6.21. The molecule has 6 heteroatoms. The number of rotatable bonds is 2. The number of methoxy groups -OCH3 is 1. The van der Waals surface area contributed by atoms with Crippen molar-refractivity contribution in [3.63, 3.8) is 0 Å². The van der Waals surface area contributed by atoms with Gasteiger partial charge >= 0.3 is 0 Å². The average Bonchev–Trinajstić information content (AvgIpc) is 2.01. The van der Waals surface area contributed by atoms with Gasteiger partial charge in [-0.15, -0.1) is 9.81 Å². The summed E-state index contributed by atoms with van der Waals surface area (Å²) in [4.78, 5) is -0.444. The van der Waals surface area contributed by atoms with Gasteiger partial charge in [-0.05, 0) is 30.7 Å². The molecule has 1 rings (SSSR count). The molecule has 2 N–H and O–H groups in total. The summed E-state index contributed by atoms with van der Waals surface area (Å²) in [5.74, 6) is 0.505. The van der Waals surface area contributed by atoms with E-state index in [1.54, 1.807) is 6.92 Å². The lowest BCUT2D eigenvalue weighted by molar-refractivity contribution is 0.358. The predicted molar refractivity (Wildman–Crippen MR) is 49.9 cm³/mol. The highest BCUT2D eigenvalue weighted by Gasteiger charge is 2.09. The third-order valence-corrected chi connectivity index (χ3v) is 2.89. The van der Waals surface area contributed by atoms with Crippen LogP contribution in [0.1, 0.15) is 5.56 Å². The van der Waals surface area contributed by atoms with E-state index in [2.05, 4.69) is 5.14 Å². The smallest absolute Gasteiger partial charge is 0.121 e. The highest BCUT2D eigenvalue weighted by Crippen LogP contribution is 2.26. The molecule has 0 heterocycles. The number of hydrogen-bond donors (Lipinski definition) is 1. The summed E-state index contributed by atoms with van der Waals surface area (Å²) in [5.41, 5.74) is 0.543. The van der Waals surface area contributed by atoms with Crippen molar-refractivity contribution in [3.8, 4) is 5.75 Å². The summed E-state index contributed by atoms with van der Waals surface area (Å²) >= 11 is 0.